The van der Waals surface area contributed by atoms with Gasteiger partial charge in [0.2, 0.25) is 0 Å². The molecule has 0 aliphatic heterocycles. The van der Waals surface area contributed by atoms with Crippen molar-refractivity contribution in [2.75, 3.05) is 0 Å². The summed E-state index contributed by atoms with van der Waals surface area (Å²) in [6, 6.07) is 4.92. The third-order valence-electron chi connectivity index (χ3n) is 1.12. The van der Waals surface area contributed by atoms with Crippen LogP contribution in [0.4, 0.5) is 4.39 Å². The number of nitrogens with zero attached hydrogens (tertiary/aromatic N) is 1. The molecule has 1 nitrogen and oxygen atoms in total. The first-order chi connectivity index (χ1) is 5.15. The van der Waals surface area contributed by atoms with Gasteiger partial charge < -0.3 is 0 Å². The number of rotatable bonds is 0. The SMILES string of the molecule is N#Cc1c(F)cc(I)cc1I. The molecule has 4 heteroatoms. The Morgan fingerprint density at radius 2 is 2.00 bits per heavy atom. The van der Waals surface area contributed by atoms with Crippen molar-refractivity contribution in [3.63, 3.8) is 0 Å². The highest BCUT2D eigenvalue weighted by atomic mass is 127. The normalized spacial score (nSPS) is 9.27. The molecule has 0 fully saturated rings. The second-order valence-corrected chi connectivity index (χ2v) is 4.26. The highest BCUT2D eigenvalue weighted by Crippen LogP contribution is 2.18. The van der Waals surface area contributed by atoms with Gasteiger partial charge in [-0.3, -0.25) is 0 Å². The maximum atomic E-state index is 12.9. The average Bonchev–Trinajstić information content (AvgIpc) is 1.85. The van der Waals surface area contributed by atoms with Crippen molar-refractivity contribution in [2.24, 2.45) is 0 Å². The van der Waals surface area contributed by atoms with E-state index in [0.29, 0.717) is 3.57 Å². The smallest absolute Gasteiger partial charge is 0.143 e. The molecule has 0 heterocycles. The second-order valence-electron chi connectivity index (χ2n) is 1.86. The van der Waals surface area contributed by atoms with Gasteiger partial charge in [0.05, 0.1) is 0 Å². The summed E-state index contributed by atoms with van der Waals surface area (Å²) in [7, 11) is 0. The molecule has 11 heavy (non-hydrogen) atoms. The molecular formula is C7H2FI2N. The van der Waals surface area contributed by atoms with Gasteiger partial charge in [0.15, 0.2) is 0 Å². The molecule has 0 saturated heterocycles. The van der Waals surface area contributed by atoms with Gasteiger partial charge in [0.1, 0.15) is 17.4 Å². The maximum absolute atomic E-state index is 12.9. The number of halogens is 3. The van der Waals surface area contributed by atoms with Crippen LogP contribution in [0.15, 0.2) is 12.1 Å². The number of nitriles is 1. The van der Waals surface area contributed by atoms with E-state index in [2.05, 4.69) is 0 Å². The van der Waals surface area contributed by atoms with Crippen molar-refractivity contribution in [3.05, 3.63) is 30.7 Å². The summed E-state index contributed by atoms with van der Waals surface area (Å²) in [6.07, 6.45) is 0. The first-order valence-electron chi connectivity index (χ1n) is 2.70. The van der Waals surface area contributed by atoms with Gasteiger partial charge in [-0.1, -0.05) is 0 Å². The van der Waals surface area contributed by atoms with Crippen LogP contribution in [-0.4, -0.2) is 0 Å². The largest absolute Gasteiger partial charge is 0.205 e. The summed E-state index contributed by atoms with van der Waals surface area (Å²) in [5.74, 6) is -0.441. The Labute approximate surface area is 90.9 Å². The van der Waals surface area contributed by atoms with E-state index in [0.717, 1.165) is 3.57 Å². The Hall–Kier alpha value is 0.1000. The van der Waals surface area contributed by atoms with Crippen molar-refractivity contribution in [3.8, 4) is 6.07 Å². The summed E-state index contributed by atoms with van der Waals surface area (Å²) in [4.78, 5) is 0. The standard InChI is InChI=1S/C7H2FI2N/c8-6-1-4(9)2-7(10)5(6)3-11/h1-2H. The molecule has 0 bridgehead atoms. The first kappa shape index (κ1) is 9.19. The van der Waals surface area contributed by atoms with Gasteiger partial charge in [-0.15, -0.1) is 0 Å². The van der Waals surface area contributed by atoms with Gasteiger partial charge in [0, 0.05) is 7.14 Å². The lowest BCUT2D eigenvalue weighted by molar-refractivity contribution is 0.622. The van der Waals surface area contributed by atoms with E-state index in [9.17, 15) is 4.39 Å². The van der Waals surface area contributed by atoms with Crippen molar-refractivity contribution < 1.29 is 4.39 Å². The quantitative estimate of drug-likeness (QED) is 0.642. The highest BCUT2D eigenvalue weighted by Gasteiger charge is 2.06. The molecule has 0 aromatic heterocycles. The molecule has 1 aromatic carbocycles. The third kappa shape index (κ3) is 2.02. The first-order valence-corrected chi connectivity index (χ1v) is 4.85. The topological polar surface area (TPSA) is 23.8 Å². The van der Waals surface area contributed by atoms with Gasteiger partial charge in [-0.05, 0) is 57.3 Å². The van der Waals surface area contributed by atoms with E-state index in [1.54, 1.807) is 12.1 Å². The highest BCUT2D eigenvalue weighted by molar-refractivity contribution is 14.1. The van der Waals surface area contributed by atoms with Crippen molar-refractivity contribution in [2.45, 2.75) is 0 Å². The van der Waals surface area contributed by atoms with Crippen LogP contribution in [0.1, 0.15) is 5.56 Å². The Balaban J connectivity index is 3.40. The molecule has 56 valence electrons. The van der Waals surface area contributed by atoms with Crippen molar-refractivity contribution >= 4 is 45.2 Å². The van der Waals surface area contributed by atoms with Crippen LogP contribution in [0.3, 0.4) is 0 Å². The van der Waals surface area contributed by atoms with Gasteiger partial charge >= 0.3 is 0 Å². The summed E-state index contributed by atoms with van der Waals surface area (Å²) < 4.78 is 14.3. The van der Waals surface area contributed by atoms with E-state index in [4.69, 9.17) is 5.26 Å². The number of benzene rings is 1. The summed E-state index contributed by atoms with van der Waals surface area (Å²) >= 11 is 3.95. The lowest BCUT2D eigenvalue weighted by Gasteiger charge is -1.97. The van der Waals surface area contributed by atoms with Crippen LogP contribution >= 0.6 is 45.2 Å². The molecule has 0 aliphatic carbocycles. The molecule has 0 aliphatic rings. The molecule has 0 spiro atoms. The molecule has 0 amide bonds. The predicted octanol–water partition coefficient (Wildman–Crippen LogP) is 2.91. The van der Waals surface area contributed by atoms with Gasteiger partial charge in [-0.2, -0.15) is 5.26 Å². The summed E-state index contributed by atoms with van der Waals surface area (Å²) in [5.41, 5.74) is 0.131. The Kier molecular flexibility index (Phi) is 3.06. The average molecular weight is 373 g/mol. The van der Waals surface area contributed by atoms with Crippen molar-refractivity contribution in [1.29, 1.82) is 5.26 Å². The van der Waals surface area contributed by atoms with Crippen LogP contribution in [0.5, 0.6) is 0 Å². The fourth-order valence-electron chi connectivity index (χ4n) is 0.649. The Morgan fingerprint density at radius 3 is 2.45 bits per heavy atom. The van der Waals surface area contributed by atoms with E-state index in [1.165, 1.54) is 6.07 Å². The van der Waals surface area contributed by atoms with Crippen LogP contribution in [0.25, 0.3) is 0 Å². The number of hydrogen-bond acceptors (Lipinski definition) is 1. The van der Waals surface area contributed by atoms with E-state index < -0.39 is 5.82 Å². The maximum Gasteiger partial charge on any atom is 0.143 e. The van der Waals surface area contributed by atoms with E-state index in [1.807, 2.05) is 45.2 Å². The minimum Gasteiger partial charge on any atom is -0.205 e. The lowest BCUT2D eigenvalue weighted by atomic mass is 10.2. The van der Waals surface area contributed by atoms with Crippen LogP contribution in [-0.2, 0) is 0 Å². The fraction of sp³-hybridized carbons (Fsp3) is 0. The summed E-state index contributed by atoms with van der Waals surface area (Å²) in [5, 5.41) is 8.49. The third-order valence-corrected chi connectivity index (χ3v) is 2.59. The molecule has 1 aromatic rings. The molecule has 0 radical (unpaired) electrons. The monoisotopic (exact) mass is 373 g/mol. The van der Waals surface area contributed by atoms with Gasteiger partial charge in [0.25, 0.3) is 0 Å². The minimum atomic E-state index is -0.441. The zero-order valence-corrected chi connectivity index (χ0v) is 9.55. The van der Waals surface area contributed by atoms with E-state index in [-0.39, 0.29) is 5.56 Å². The van der Waals surface area contributed by atoms with Gasteiger partial charge in [-0.25, -0.2) is 4.39 Å². The van der Waals surface area contributed by atoms with E-state index >= 15 is 0 Å². The molecule has 0 saturated carbocycles. The van der Waals surface area contributed by atoms with Crippen LogP contribution < -0.4 is 0 Å². The Bertz CT molecular complexity index is 307. The lowest BCUT2D eigenvalue weighted by Crippen LogP contribution is -1.89. The molecule has 1 rings (SSSR count). The minimum absolute atomic E-state index is 0.131. The number of hydrogen-bond donors (Lipinski definition) is 0. The molecule has 0 atom stereocenters. The summed E-state index contributed by atoms with van der Waals surface area (Å²) in [6.45, 7) is 0. The predicted molar refractivity (Wildman–Crippen MR) is 56.5 cm³/mol. The second kappa shape index (κ2) is 3.67. The molecule has 0 unspecified atom stereocenters. The fourth-order valence-corrected chi connectivity index (χ4v) is 2.54. The molecular weight excluding hydrogens is 371 g/mol. The Morgan fingerprint density at radius 1 is 1.36 bits per heavy atom. The van der Waals surface area contributed by atoms with Crippen molar-refractivity contribution in [1.82, 2.24) is 0 Å². The van der Waals surface area contributed by atoms with Crippen LogP contribution in [0.2, 0.25) is 0 Å². The van der Waals surface area contributed by atoms with Crippen LogP contribution in [0, 0.1) is 24.3 Å². The zero-order valence-electron chi connectivity index (χ0n) is 5.24. The molecule has 0 N–H and O–H groups in total. The zero-order chi connectivity index (χ0) is 8.43.